The number of amides is 1. The number of anilines is 1. The molecule has 1 aromatic carbocycles. The van der Waals surface area contributed by atoms with Crippen LogP contribution in [0.4, 0.5) is 5.82 Å². The van der Waals surface area contributed by atoms with Crippen LogP contribution in [0.15, 0.2) is 30.6 Å². The lowest BCUT2D eigenvalue weighted by Gasteiger charge is -2.43. The fraction of sp³-hybridized carbons (Fsp3) is 0.560. The Balaban J connectivity index is 1.36. The van der Waals surface area contributed by atoms with Crippen LogP contribution in [-0.2, 0) is 11.2 Å². The smallest absolute Gasteiger partial charge is 0.231 e. The van der Waals surface area contributed by atoms with Crippen LogP contribution in [0.1, 0.15) is 61.8 Å². The van der Waals surface area contributed by atoms with Gasteiger partial charge in [0.2, 0.25) is 5.91 Å². The summed E-state index contributed by atoms with van der Waals surface area (Å²) in [6.07, 6.45) is 6.03. The first kappa shape index (κ1) is 21.7. The van der Waals surface area contributed by atoms with Crippen LogP contribution in [0, 0.1) is 0 Å². The molecular weight excluding hydrogens is 422 g/mol. The van der Waals surface area contributed by atoms with Crippen molar-refractivity contribution in [2.45, 2.75) is 63.5 Å². The molecule has 1 aromatic heterocycles. The third-order valence-corrected chi connectivity index (χ3v) is 7.71. The van der Waals surface area contributed by atoms with E-state index in [0.717, 1.165) is 50.2 Å². The predicted molar refractivity (Wildman–Crippen MR) is 127 cm³/mol. The molecule has 0 radical (unpaired) electrons. The molecule has 2 fully saturated rings. The largest absolute Gasteiger partial charge is 0.350 e. The fourth-order valence-corrected chi connectivity index (χ4v) is 5.86. The molecule has 0 saturated carbocycles. The van der Waals surface area contributed by atoms with Crippen LogP contribution in [-0.4, -0.2) is 59.0 Å². The van der Waals surface area contributed by atoms with Gasteiger partial charge in [0.1, 0.15) is 12.1 Å². The highest BCUT2D eigenvalue weighted by atomic mass is 35.5. The molecule has 3 aliphatic rings. The van der Waals surface area contributed by atoms with E-state index in [1.807, 2.05) is 24.3 Å². The monoisotopic (exact) mass is 453 g/mol. The SMILES string of the molecule is CC1CCc2ncnc(N3CCN(C(=O)[C@@H](c4ccc(Cl)cc4)[C@@H]4CCCN4)C[C@@H]3C)c21. The zero-order valence-corrected chi connectivity index (χ0v) is 19.7. The molecule has 2 aliphatic heterocycles. The lowest BCUT2D eigenvalue weighted by molar-refractivity contribution is -0.134. The Labute approximate surface area is 195 Å². The first-order valence-electron chi connectivity index (χ1n) is 11.9. The standard InChI is InChI=1S/C25H32ClN5O/c1-16-5-10-21-22(16)24(29-15-28-21)31-13-12-30(14-17(31)2)25(32)23(20-4-3-11-27-20)18-6-8-19(26)9-7-18/h6-9,15-17,20,23,27H,3-5,10-14H2,1-2H3/t16?,17-,20-,23-/m0/s1. The summed E-state index contributed by atoms with van der Waals surface area (Å²) in [5, 5.41) is 4.26. The number of nitrogens with one attached hydrogen (secondary N) is 1. The van der Waals surface area contributed by atoms with E-state index in [1.165, 1.54) is 11.3 Å². The summed E-state index contributed by atoms with van der Waals surface area (Å²) in [4.78, 5) is 27.5. The van der Waals surface area contributed by atoms with Gasteiger partial charge < -0.3 is 15.1 Å². The molecule has 7 heteroatoms. The first-order chi connectivity index (χ1) is 15.5. The third kappa shape index (κ3) is 3.99. The van der Waals surface area contributed by atoms with Crippen molar-refractivity contribution in [3.63, 3.8) is 0 Å². The molecular formula is C25H32ClN5O. The molecule has 0 spiro atoms. The number of aromatic nitrogens is 2. The van der Waals surface area contributed by atoms with E-state index < -0.39 is 0 Å². The van der Waals surface area contributed by atoms with Crippen molar-refractivity contribution in [3.05, 3.63) is 52.4 Å². The minimum absolute atomic E-state index is 0.170. The number of aryl methyl sites for hydroxylation is 1. The van der Waals surface area contributed by atoms with E-state index in [9.17, 15) is 4.79 Å². The van der Waals surface area contributed by atoms with E-state index in [4.69, 9.17) is 11.6 Å². The zero-order valence-electron chi connectivity index (χ0n) is 18.9. The van der Waals surface area contributed by atoms with Crippen LogP contribution >= 0.6 is 11.6 Å². The lowest BCUT2D eigenvalue weighted by Crippen LogP contribution is -2.56. The van der Waals surface area contributed by atoms with Crippen molar-refractivity contribution in [2.75, 3.05) is 31.1 Å². The summed E-state index contributed by atoms with van der Waals surface area (Å²) in [6.45, 7) is 7.68. The molecule has 1 N–H and O–H groups in total. The van der Waals surface area contributed by atoms with Gasteiger partial charge in [0.05, 0.1) is 5.92 Å². The van der Waals surface area contributed by atoms with Crippen LogP contribution in [0.25, 0.3) is 0 Å². The Bertz CT molecular complexity index is 975. The van der Waals surface area contributed by atoms with Crippen LogP contribution in [0.2, 0.25) is 5.02 Å². The van der Waals surface area contributed by atoms with Crippen molar-refractivity contribution < 1.29 is 4.79 Å². The van der Waals surface area contributed by atoms with Gasteiger partial charge >= 0.3 is 0 Å². The maximum atomic E-state index is 13.8. The van der Waals surface area contributed by atoms with E-state index in [-0.39, 0.29) is 23.9 Å². The van der Waals surface area contributed by atoms with E-state index >= 15 is 0 Å². The Hall–Kier alpha value is -2.18. The number of nitrogens with zero attached hydrogens (tertiary/aromatic N) is 4. The number of rotatable bonds is 4. The Morgan fingerprint density at radius 3 is 2.69 bits per heavy atom. The second-order valence-corrected chi connectivity index (χ2v) is 9.99. The van der Waals surface area contributed by atoms with Crippen LogP contribution in [0.5, 0.6) is 0 Å². The number of benzene rings is 1. The molecule has 6 nitrogen and oxygen atoms in total. The number of carbonyl (C=O) groups excluding carboxylic acids is 1. The molecule has 1 amide bonds. The molecule has 32 heavy (non-hydrogen) atoms. The highest BCUT2D eigenvalue weighted by Gasteiger charge is 2.38. The van der Waals surface area contributed by atoms with Crippen molar-refractivity contribution in [2.24, 2.45) is 0 Å². The molecule has 0 bridgehead atoms. The second-order valence-electron chi connectivity index (χ2n) is 9.56. The maximum absolute atomic E-state index is 13.8. The van der Waals surface area contributed by atoms with Crippen molar-refractivity contribution in [1.82, 2.24) is 20.2 Å². The average Bonchev–Trinajstić information content (AvgIpc) is 3.46. The summed E-state index contributed by atoms with van der Waals surface area (Å²) in [5.74, 6) is 1.62. The van der Waals surface area contributed by atoms with Gasteiger partial charge in [-0.2, -0.15) is 0 Å². The second kappa shape index (κ2) is 8.99. The quantitative estimate of drug-likeness (QED) is 0.763. The highest BCUT2D eigenvalue weighted by molar-refractivity contribution is 6.30. The number of carbonyl (C=O) groups is 1. The summed E-state index contributed by atoms with van der Waals surface area (Å²) < 4.78 is 0. The Kier molecular flexibility index (Phi) is 6.08. The number of halogens is 1. The summed E-state index contributed by atoms with van der Waals surface area (Å²) in [6, 6.07) is 8.20. The minimum Gasteiger partial charge on any atom is -0.350 e. The van der Waals surface area contributed by atoms with E-state index in [2.05, 4.69) is 38.9 Å². The molecule has 2 saturated heterocycles. The average molecular weight is 454 g/mol. The fourth-order valence-electron chi connectivity index (χ4n) is 5.73. The summed E-state index contributed by atoms with van der Waals surface area (Å²) in [5.41, 5.74) is 3.56. The lowest BCUT2D eigenvalue weighted by atomic mass is 9.88. The topological polar surface area (TPSA) is 61.4 Å². The summed E-state index contributed by atoms with van der Waals surface area (Å²) in [7, 11) is 0. The molecule has 1 aliphatic carbocycles. The number of hydrogen-bond donors (Lipinski definition) is 1. The third-order valence-electron chi connectivity index (χ3n) is 7.46. The van der Waals surface area contributed by atoms with E-state index in [0.29, 0.717) is 24.0 Å². The van der Waals surface area contributed by atoms with Crippen LogP contribution < -0.4 is 10.2 Å². The van der Waals surface area contributed by atoms with Gasteiger partial charge in [0, 0.05) is 48.0 Å². The predicted octanol–water partition coefficient (Wildman–Crippen LogP) is 3.75. The van der Waals surface area contributed by atoms with Gasteiger partial charge in [-0.1, -0.05) is 30.7 Å². The number of hydrogen-bond acceptors (Lipinski definition) is 5. The van der Waals surface area contributed by atoms with Gasteiger partial charge in [-0.25, -0.2) is 9.97 Å². The van der Waals surface area contributed by atoms with Crippen molar-refractivity contribution >= 4 is 23.3 Å². The molecule has 4 atom stereocenters. The molecule has 3 heterocycles. The van der Waals surface area contributed by atoms with Crippen molar-refractivity contribution in [1.29, 1.82) is 0 Å². The molecule has 2 aromatic rings. The zero-order chi connectivity index (χ0) is 22.2. The Morgan fingerprint density at radius 2 is 1.97 bits per heavy atom. The number of piperazine rings is 1. The molecule has 1 unspecified atom stereocenters. The van der Waals surface area contributed by atoms with Gasteiger partial charge in [-0.05, 0) is 62.8 Å². The van der Waals surface area contributed by atoms with E-state index in [1.54, 1.807) is 6.33 Å². The maximum Gasteiger partial charge on any atom is 0.231 e. The Morgan fingerprint density at radius 1 is 1.16 bits per heavy atom. The van der Waals surface area contributed by atoms with Crippen molar-refractivity contribution in [3.8, 4) is 0 Å². The minimum atomic E-state index is -0.170. The molecule has 170 valence electrons. The first-order valence-corrected chi connectivity index (χ1v) is 12.3. The highest BCUT2D eigenvalue weighted by Crippen LogP contribution is 2.38. The van der Waals surface area contributed by atoms with Gasteiger partial charge in [-0.3, -0.25) is 4.79 Å². The van der Waals surface area contributed by atoms with Crippen LogP contribution in [0.3, 0.4) is 0 Å². The normalized spacial score (nSPS) is 26.3. The van der Waals surface area contributed by atoms with Gasteiger partial charge in [0.15, 0.2) is 0 Å². The van der Waals surface area contributed by atoms with Gasteiger partial charge in [0.25, 0.3) is 0 Å². The van der Waals surface area contributed by atoms with Gasteiger partial charge in [-0.15, -0.1) is 0 Å². The molecule has 5 rings (SSSR count). The number of fused-ring (bicyclic) bond motifs is 1. The summed E-state index contributed by atoms with van der Waals surface area (Å²) >= 11 is 6.12.